The van der Waals surface area contributed by atoms with E-state index in [4.69, 9.17) is 0 Å². The van der Waals surface area contributed by atoms with Crippen LogP contribution in [0.1, 0.15) is 75.8 Å². The highest BCUT2D eigenvalue weighted by atomic mass is 32.2. The Balaban J connectivity index is 1.50. The van der Waals surface area contributed by atoms with Crippen LogP contribution in [0.25, 0.3) is 0 Å². The zero-order valence-corrected chi connectivity index (χ0v) is 18.0. The average molecular weight is 390 g/mol. The second kappa shape index (κ2) is 9.22. The van der Waals surface area contributed by atoms with E-state index in [1.165, 1.54) is 11.1 Å². The van der Waals surface area contributed by atoms with Gasteiger partial charge in [-0.2, -0.15) is 0 Å². The Morgan fingerprint density at radius 1 is 1.19 bits per heavy atom. The fraction of sp³-hybridized carbons (Fsp3) is 0.682. The summed E-state index contributed by atoms with van der Waals surface area (Å²) in [6.07, 6.45) is 5.55. The van der Waals surface area contributed by atoms with Crippen molar-refractivity contribution < 1.29 is 4.21 Å². The second-order valence-corrected chi connectivity index (χ2v) is 10.3. The lowest BCUT2D eigenvalue weighted by Gasteiger charge is -2.30. The topological polar surface area (TPSA) is 53.5 Å². The van der Waals surface area contributed by atoms with E-state index in [-0.39, 0.29) is 0 Å². The normalized spacial score (nSPS) is 29.4. The molecule has 0 aliphatic heterocycles. The molecule has 2 N–H and O–H groups in total. The molecule has 4 nitrogen and oxygen atoms in total. The third-order valence-corrected chi connectivity index (χ3v) is 7.73. The van der Waals surface area contributed by atoms with Gasteiger partial charge in [-0.05, 0) is 42.7 Å². The van der Waals surface area contributed by atoms with Crippen LogP contribution in [-0.4, -0.2) is 40.3 Å². The molecular formula is C22H35N3OS. The van der Waals surface area contributed by atoms with Crippen molar-refractivity contribution in [3.63, 3.8) is 0 Å². The van der Waals surface area contributed by atoms with E-state index < -0.39 is 10.8 Å². The fourth-order valence-corrected chi connectivity index (χ4v) is 5.49. The summed E-state index contributed by atoms with van der Waals surface area (Å²) in [4.78, 5) is 4.44. The first-order valence-corrected chi connectivity index (χ1v) is 11.9. The lowest BCUT2D eigenvalue weighted by atomic mass is 9.95. The number of nitrogens with zero attached hydrogens (tertiary/aromatic N) is 1. The minimum atomic E-state index is -0.686. The summed E-state index contributed by atoms with van der Waals surface area (Å²) in [5.74, 6) is 2.83. The van der Waals surface area contributed by atoms with Crippen molar-refractivity contribution in [3.05, 3.63) is 35.4 Å². The van der Waals surface area contributed by atoms with E-state index in [1.54, 1.807) is 0 Å². The molecule has 5 heteroatoms. The molecule has 2 aliphatic rings. The first-order chi connectivity index (χ1) is 13.0. The molecule has 0 aromatic heterocycles. The van der Waals surface area contributed by atoms with Gasteiger partial charge in [-0.3, -0.25) is 9.20 Å². The monoisotopic (exact) mass is 389 g/mol. The van der Waals surface area contributed by atoms with Crippen molar-refractivity contribution in [3.8, 4) is 0 Å². The Labute approximate surface area is 167 Å². The van der Waals surface area contributed by atoms with E-state index in [0.717, 1.165) is 43.8 Å². The summed E-state index contributed by atoms with van der Waals surface area (Å²) in [5.41, 5.74) is 2.82. The average Bonchev–Trinajstić information content (AvgIpc) is 3.46. The Bertz CT molecular complexity index is 671. The van der Waals surface area contributed by atoms with Crippen LogP contribution in [0.5, 0.6) is 0 Å². The largest absolute Gasteiger partial charge is 0.354 e. The van der Waals surface area contributed by atoms with Crippen LogP contribution in [0.3, 0.4) is 0 Å². The molecule has 1 aromatic carbocycles. The Morgan fingerprint density at radius 3 is 2.56 bits per heavy atom. The van der Waals surface area contributed by atoms with Crippen LogP contribution in [0.15, 0.2) is 29.3 Å². The number of rotatable bonds is 6. The van der Waals surface area contributed by atoms with Gasteiger partial charge < -0.3 is 10.6 Å². The van der Waals surface area contributed by atoms with Crippen molar-refractivity contribution in [2.24, 2.45) is 4.99 Å². The third-order valence-electron chi connectivity index (χ3n) is 5.99. The number of nitrogens with one attached hydrogen (secondary N) is 2. The molecule has 2 saturated carbocycles. The van der Waals surface area contributed by atoms with Gasteiger partial charge in [-0.25, -0.2) is 0 Å². The van der Waals surface area contributed by atoms with Crippen LogP contribution in [-0.2, 0) is 10.8 Å². The minimum absolute atomic E-state index is 0.340. The number of aliphatic imine (C=N–C) groups is 1. The quantitative estimate of drug-likeness (QED) is 0.573. The standard InChI is InChI=1S/C22H35N3OS/c1-5-27(26)19-8-6-7-18(13-19)24-22(23-4)25-21-14-20(21)17-11-9-16(10-12-17)15(2)3/h9-12,15,18-21H,5-8,13-14H2,1-4H3,(H2,23,24,25). The minimum Gasteiger partial charge on any atom is -0.354 e. The number of hydrogen-bond donors (Lipinski definition) is 2. The predicted molar refractivity (Wildman–Crippen MR) is 116 cm³/mol. The zero-order chi connectivity index (χ0) is 19.4. The van der Waals surface area contributed by atoms with Gasteiger partial charge in [0.25, 0.3) is 0 Å². The van der Waals surface area contributed by atoms with Crippen LogP contribution >= 0.6 is 0 Å². The zero-order valence-electron chi connectivity index (χ0n) is 17.2. The molecule has 150 valence electrons. The molecule has 0 spiro atoms. The molecule has 0 radical (unpaired) electrons. The molecule has 2 aliphatic carbocycles. The molecule has 5 atom stereocenters. The van der Waals surface area contributed by atoms with Crippen molar-refractivity contribution in [1.82, 2.24) is 10.6 Å². The van der Waals surface area contributed by atoms with Crippen molar-refractivity contribution in [1.29, 1.82) is 0 Å². The number of guanidine groups is 1. The van der Waals surface area contributed by atoms with Gasteiger partial charge in [0.05, 0.1) is 0 Å². The summed E-state index contributed by atoms with van der Waals surface area (Å²) < 4.78 is 12.2. The smallest absolute Gasteiger partial charge is 0.191 e. The Kier molecular flexibility index (Phi) is 6.96. The van der Waals surface area contributed by atoms with E-state index in [1.807, 2.05) is 14.0 Å². The van der Waals surface area contributed by atoms with Gasteiger partial charge >= 0.3 is 0 Å². The number of benzene rings is 1. The number of hydrogen-bond acceptors (Lipinski definition) is 2. The van der Waals surface area contributed by atoms with E-state index in [2.05, 4.69) is 53.7 Å². The molecule has 27 heavy (non-hydrogen) atoms. The third kappa shape index (κ3) is 5.34. The Morgan fingerprint density at radius 2 is 1.93 bits per heavy atom. The second-order valence-electron chi connectivity index (χ2n) is 8.29. The highest BCUT2D eigenvalue weighted by molar-refractivity contribution is 7.85. The fourth-order valence-electron chi connectivity index (χ4n) is 4.14. The Hall–Kier alpha value is -1.36. The molecule has 0 bridgehead atoms. The summed E-state index contributed by atoms with van der Waals surface area (Å²) in [6.45, 7) is 6.49. The SMILES string of the molecule is CCS(=O)C1CCCC(NC(=NC)NC2CC2c2ccc(C(C)C)cc2)C1. The maximum absolute atomic E-state index is 12.2. The van der Waals surface area contributed by atoms with Crippen molar-refractivity contribution in [2.75, 3.05) is 12.8 Å². The van der Waals surface area contributed by atoms with Crippen LogP contribution < -0.4 is 10.6 Å². The summed E-state index contributed by atoms with van der Waals surface area (Å²) in [7, 11) is 1.16. The van der Waals surface area contributed by atoms with Gasteiger partial charge in [-0.15, -0.1) is 0 Å². The van der Waals surface area contributed by atoms with Gasteiger partial charge in [0.1, 0.15) is 0 Å². The van der Waals surface area contributed by atoms with Crippen molar-refractivity contribution in [2.45, 2.75) is 82.0 Å². The molecule has 0 saturated heterocycles. The van der Waals surface area contributed by atoms with E-state index in [0.29, 0.717) is 29.2 Å². The lowest BCUT2D eigenvalue weighted by molar-refractivity contribution is 0.413. The lowest BCUT2D eigenvalue weighted by Crippen LogP contribution is -2.47. The first kappa shape index (κ1) is 20.4. The van der Waals surface area contributed by atoms with Crippen LogP contribution in [0.2, 0.25) is 0 Å². The van der Waals surface area contributed by atoms with Gasteiger partial charge in [0, 0.05) is 46.9 Å². The van der Waals surface area contributed by atoms with Gasteiger partial charge in [0.2, 0.25) is 0 Å². The van der Waals surface area contributed by atoms with Crippen LogP contribution in [0.4, 0.5) is 0 Å². The molecular weight excluding hydrogens is 354 g/mol. The van der Waals surface area contributed by atoms with E-state index >= 15 is 0 Å². The molecule has 0 amide bonds. The molecule has 5 unspecified atom stereocenters. The first-order valence-electron chi connectivity index (χ1n) is 10.5. The molecule has 0 heterocycles. The molecule has 2 fully saturated rings. The van der Waals surface area contributed by atoms with Gasteiger partial charge in [0.15, 0.2) is 5.96 Å². The molecule has 1 aromatic rings. The van der Waals surface area contributed by atoms with Crippen LogP contribution in [0, 0.1) is 0 Å². The highest BCUT2D eigenvalue weighted by Gasteiger charge is 2.39. The summed E-state index contributed by atoms with van der Waals surface area (Å²) in [6, 6.07) is 9.93. The van der Waals surface area contributed by atoms with E-state index in [9.17, 15) is 4.21 Å². The summed E-state index contributed by atoms with van der Waals surface area (Å²) >= 11 is 0. The maximum Gasteiger partial charge on any atom is 0.191 e. The predicted octanol–water partition coefficient (Wildman–Crippen LogP) is 3.91. The maximum atomic E-state index is 12.2. The van der Waals surface area contributed by atoms with Crippen molar-refractivity contribution >= 4 is 16.8 Å². The highest BCUT2D eigenvalue weighted by Crippen LogP contribution is 2.41. The van der Waals surface area contributed by atoms with Gasteiger partial charge in [-0.1, -0.05) is 51.5 Å². The molecule has 3 rings (SSSR count). The summed E-state index contributed by atoms with van der Waals surface area (Å²) in [5, 5.41) is 7.52.